The van der Waals surface area contributed by atoms with Crippen LogP contribution in [0.5, 0.6) is 5.75 Å². The molecule has 2 atom stereocenters. The Morgan fingerprint density at radius 3 is 2.48 bits per heavy atom. The maximum Gasteiger partial charge on any atom is 0.344 e. The number of carbonyl (C=O) groups excluding carboxylic acids is 2. The Morgan fingerprint density at radius 2 is 1.81 bits per heavy atom. The van der Waals surface area contributed by atoms with E-state index in [1.165, 1.54) is 5.56 Å². The second kappa shape index (κ2) is 7.53. The maximum atomic E-state index is 12.6. The summed E-state index contributed by atoms with van der Waals surface area (Å²) in [7, 11) is 0. The number of carbonyl (C=O) groups is 2. The first-order valence-electron chi connectivity index (χ1n) is 9.87. The van der Waals surface area contributed by atoms with Crippen molar-refractivity contribution in [2.45, 2.75) is 59.4 Å². The van der Waals surface area contributed by atoms with Crippen molar-refractivity contribution in [2.24, 2.45) is 10.8 Å². The number of amides is 1. The number of fused-ring (bicyclic) bond motifs is 2. The van der Waals surface area contributed by atoms with Gasteiger partial charge in [0.1, 0.15) is 5.75 Å². The molecule has 1 aliphatic heterocycles. The Hall–Kier alpha value is -2.04. The Balaban J connectivity index is 1.45. The molecular weight excluding hydrogens is 342 g/mol. The van der Waals surface area contributed by atoms with Gasteiger partial charge >= 0.3 is 5.97 Å². The lowest BCUT2D eigenvalue weighted by atomic mass is 9.65. The first kappa shape index (κ1) is 19.7. The Labute approximate surface area is 162 Å². The Bertz CT molecular complexity index is 697. The largest absolute Gasteiger partial charge is 0.482 e. The van der Waals surface area contributed by atoms with Crippen LogP contribution < -0.4 is 4.74 Å². The fraction of sp³-hybridized carbons (Fsp3) is 0.636. The molecule has 0 aromatic heterocycles. The van der Waals surface area contributed by atoms with Crippen molar-refractivity contribution in [2.75, 3.05) is 19.8 Å². The average molecular weight is 373 g/mol. The van der Waals surface area contributed by atoms with Crippen molar-refractivity contribution in [3.8, 4) is 5.75 Å². The van der Waals surface area contributed by atoms with Crippen LogP contribution in [0.4, 0.5) is 0 Å². The molecule has 2 unspecified atom stereocenters. The number of likely N-dealkylation sites (tertiary alicyclic amines) is 1. The number of ether oxygens (including phenoxy) is 2. The summed E-state index contributed by atoms with van der Waals surface area (Å²) in [4.78, 5) is 26.5. The van der Waals surface area contributed by atoms with Crippen molar-refractivity contribution in [3.05, 3.63) is 29.8 Å². The monoisotopic (exact) mass is 373 g/mol. The van der Waals surface area contributed by atoms with Gasteiger partial charge in [-0.15, -0.1) is 0 Å². The Morgan fingerprint density at radius 1 is 1.11 bits per heavy atom. The summed E-state index contributed by atoms with van der Waals surface area (Å²) < 4.78 is 10.6. The molecule has 1 heterocycles. The molecule has 0 spiro atoms. The SMILES string of the molecule is CCc1ccc(OCC(=O)OCC(=O)N2CC3(C)CC2CC(C)(C)C3)cc1. The number of nitrogens with zero attached hydrogens (tertiary/aromatic N) is 1. The van der Waals surface area contributed by atoms with Gasteiger partial charge in [-0.25, -0.2) is 4.79 Å². The number of aryl methyl sites for hydroxylation is 1. The molecule has 1 amide bonds. The number of hydrogen-bond acceptors (Lipinski definition) is 4. The van der Waals surface area contributed by atoms with Crippen molar-refractivity contribution in [1.82, 2.24) is 4.90 Å². The third-order valence-electron chi connectivity index (χ3n) is 5.78. The van der Waals surface area contributed by atoms with E-state index in [2.05, 4.69) is 27.7 Å². The number of rotatable bonds is 6. The first-order valence-corrected chi connectivity index (χ1v) is 9.87. The van der Waals surface area contributed by atoms with Crippen LogP contribution in [-0.4, -0.2) is 42.6 Å². The predicted octanol–water partition coefficient (Wildman–Crippen LogP) is 3.60. The highest BCUT2D eigenvalue weighted by atomic mass is 16.6. The molecule has 1 saturated carbocycles. The third-order valence-corrected chi connectivity index (χ3v) is 5.78. The van der Waals surface area contributed by atoms with Crippen LogP contribution >= 0.6 is 0 Å². The summed E-state index contributed by atoms with van der Waals surface area (Å²) in [6, 6.07) is 7.88. The highest BCUT2D eigenvalue weighted by Gasteiger charge is 2.50. The number of hydrogen-bond donors (Lipinski definition) is 0. The number of esters is 1. The smallest absolute Gasteiger partial charge is 0.344 e. The maximum absolute atomic E-state index is 12.6. The second-order valence-electron chi connectivity index (χ2n) is 9.18. The lowest BCUT2D eigenvalue weighted by Gasteiger charge is -2.39. The van der Waals surface area contributed by atoms with Crippen LogP contribution in [0, 0.1) is 10.8 Å². The van der Waals surface area contributed by atoms with Gasteiger partial charge in [0.15, 0.2) is 13.2 Å². The van der Waals surface area contributed by atoms with Crippen molar-refractivity contribution >= 4 is 11.9 Å². The third kappa shape index (κ3) is 4.82. The number of benzene rings is 1. The summed E-state index contributed by atoms with van der Waals surface area (Å²) in [6.45, 7) is 9.26. The molecule has 5 nitrogen and oxygen atoms in total. The van der Waals surface area contributed by atoms with Gasteiger partial charge in [0.25, 0.3) is 5.91 Å². The first-order chi connectivity index (χ1) is 12.7. The summed E-state index contributed by atoms with van der Waals surface area (Å²) in [5, 5.41) is 0. The van der Waals surface area contributed by atoms with E-state index >= 15 is 0 Å². The average Bonchev–Trinajstić information content (AvgIpc) is 2.87. The van der Waals surface area contributed by atoms with E-state index in [0.717, 1.165) is 32.2 Å². The molecule has 2 aliphatic rings. The normalized spacial score (nSPS) is 25.9. The van der Waals surface area contributed by atoms with E-state index in [-0.39, 0.29) is 36.0 Å². The van der Waals surface area contributed by atoms with Crippen LogP contribution in [0.1, 0.15) is 52.5 Å². The predicted molar refractivity (Wildman–Crippen MR) is 104 cm³/mol. The fourth-order valence-electron chi connectivity index (χ4n) is 4.98. The van der Waals surface area contributed by atoms with E-state index in [0.29, 0.717) is 5.75 Å². The molecule has 1 aromatic carbocycles. The van der Waals surface area contributed by atoms with Gasteiger partial charge in [0, 0.05) is 12.6 Å². The van der Waals surface area contributed by atoms with Gasteiger partial charge in [-0.2, -0.15) is 0 Å². The van der Waals surface area contributed by atoms with Gasteiger partial charge in [0.05, 0.1) is 0 Å². The van der Waals surface area contributed by atoms with Crippen LogP contribution in [0.15, 0.2) is 24.3 Å². The Kier molecular flexibility index (Phi) is 5.50. The molecule has 1 aromatic rings. The molecule has 2 fully saturated rings. The zero-order chi connectivity index (χ0) is 19.7. The molecular formula is C22H31NO4. The standard InChI is InChI=1S/C22H31NO4/c1-5-16-6-8-18(9-7-16)26-13-20(25)27-12-19(24)23-15-22(4)11-17(23)10-21(2,3)14-22/h6-9,17H,5,10-15H2,1-4H3. The van der Waals surface area contributed by atoms with Crippen LogP contribution in [0.2, 0.25) is 0 Å². The highest BCUT2D eigenvalue weighted by molar-refractivity contribution is 5.81. The zero-order valence-electron chi connectivity index (χ0n) is 16.9. The van der Waals surface area contributed by atoms with Gasteiger partial charge in [-0.3, -0.25) is 4.79 Å². The minimum Gasteiger partial charge on any atom is -0.482 e. The van der Waals surface area contributed by atoms with Gasteiger partial charge in [0.2, 0.25) is 0 Å². The summed E-state index contributed by atoms with van der Waals surface area (Å²) in [5.74, 6) is 0.0117. The van der Waals surface area contributed by atoms with Gasteiger partial charge < -0.3 is 14.4 Å². The molecule has 1 saturated heterocycles. The summed E-state index contributed by atoms with van der Waals surface area (Å²) in [6.07, 6.45) is 4.15. The molecule has 3 rings (SSSR count). The molecule has 5 heteroatoms. The quantitative estimate of drug-likeness (QED) is 0.715. The topological polar surface area (TPSA) is 55.8 Å². The van der Waals surface area contributed by atoms with E-state index in [1.54, 1.807) is 0 Å². The van der Waals surface area contributed by atoms with Gasteiger partial charge in [-0.05, 0) is 54.2 Å². The van der Waals surface area contributed by atoms with Crippen LogP contribution in [0.25, 0.3) is 0 Å². The zero-order valence-corrected chi connectivity index (χ0v) is 16.9. The fourth-order valence-corrected chi connectivity index (χ4v) is 4.98. The minimum atomic E-state index is -0.517. The molecule has 0 radical (unpaired) electrons. The molecule has 148 valence electrons. The van der Waals surface area contributed by atoms with Crippen LogP contribution in [-0.2, 0) is 20.7 Å². The van der Waals surface area contributed by atoms with E-state index in [4.69, 9.17) is 9.47 Å². The van der Waals surface area contributed by atoms with E-state index in [9.17, 15) is 9.59 Å². The van der Waals surface area contributed by atoms with E-state index in [1.807, 2.05) is 29.2 Å². The highest BCUT2D eigenvalue weighted by Crippen LogP contribution is 2.52. The van der Waals surface area contributed by atoms with Gasteiger partial charge in [-0.1, -0.05) is 39.8 Å². The van der Waals surface area contributed by atoms with E-state index < -0.39 is 5.97 Å². The summed E-state index contributed by atoms with van der Waals surface area (Å²) in [5.41, 5.74) is 1.65. The van der Waals surface area contributed by atoms with Crippen LogP contribution in [0.3, 0.4) is 0 Å². The van der Waals surface area contributed by atoms with Crippen molar-refractivity contribution < 1.29 is 19.1 Å². The molecule has 2 bridgehead atoms. The molecule has 27 heavy (non-hydrogen) atoms. The summed E-state index contributed by atoms with van der Waals surface area (Å²) >= 11 is 0. The lowest BCUT2D eigenvalue weighted by Crippen LogP contribution is -2.40. The molecule has 1 aliphatic carbocycles. The lowest BCUT2D eigenvalue weighted by molar-refractivity contribution is -0.154. The van der Waals surface area contributed by atoms with Crippen molar-refractivity contribution in [3.63, 3.8) is 0 Å². The van der Waals surface area contributed by atoms with Crippen molar-refractivity contribution in [1.29, 1.82) is 0 Å². The minimum absolute atomic E-state index is 0.0953. The second-order valence-corrected chi connectivity index (χ2v) is 9.18. The molecule has 0 N–H and O–H groups in total.